The van der Waals surface area contributed by atoms with Crippen molar-refractivity contribution in [3.05, 3.63) is 17.5 Å². The summed E-state index contributed by atoms with van der Waals surface area (Å²) in [4.78, 5) is 14.4. The standard InChI is InChI=1S/C17H28N4.H2O4S/c1-4-20(5-2)17-18-12-14-11-16-13(10-15(14)19-17)8-7-9-21(16)6-3;1-5(2,3)4/h12-13,16H,4-11H2,1-3H3;(H2,1,2,3,4)/t13-,16-;/m1./s1. The number of fused-ring (bicyclic) bond motifs is 2. The van der Waals surface area contributed by atoms with Gasteiger partial charge in [0.1, 0.15) is 0 Å². The minimum atomic E-state index is -4.67. The second-order valence-electron chi connectivity index (χ2n) is 6.77. The molecule has 2 aliphatic rings. The van der Waals surface area contributed by atoms with Gasteiger partial charge in [-0.05, 0) is 64.1 Å². The van der Waals surface area contributed by atoms with E-state index in [1.54, 1.807) is 0 Å². The summed E-state index contributed by atoms with van der Waals surface area (Å²) in [5, 5.41) is 0. The van der Waals surface area contributed by atoms with E-state index in [9.17, 15) is 0 Å². The Kier molecular flexibility index (Phi) is 7.33. The quantitative estimate of drug-likeness (QED) is 0.755. The summed E-state index contributed by atoms with van der Waals surface area (Å²) in [5.74, 6) is 1.71. The lowest BCUT2D eigenvalue weighted by Gasteiger charge is -2.44. The molecule has 1 aromatic heterocycles. The third-order valence-corrected chi connectivity index (χ3v) is 5.31. The lowest BCUT2D eigenvalue weighted by atomic mass is 9.77. The molecular formula is C17H30N4O4S. The highest BCUT2D eigenvalue weighted by Gasteiger charge is 2.35. The van der Waals surface area contributed by atoms with Crippen LogP contribution in [0.4, 0.5) is 5.95 Å². The predicted molar refractivity (Wildman–Crippen MR) is 101 cm³/mol. The smallest absolute Gasteiger partial charge is 0.341 e. The highest BCUT2D eigenvalue weighted by molar-refractivity contribution is 7.79. The molecule has 1 aromatic rings. The molecule has 9 heteroatoms. The summed E-state index contributed by atoms with van der Waals surface area (Å²) >= 11 is 0. The molecule has 0 bridgehead atoms. The molecule has 2 N–H and O–H groups in total. The topological polar surface area (TPSA) is 107 Å². The second-order valence-corrected chi connectivity index (χ2v) is 7.66. The van der Waals surface area contributed by atoms with Crippen molar-refractivity contribution in [2.45, 2.75) is 52.5 Å². The number of likely N-dealkylation sites (N-methyl/N-ethyl adjacent to an activating group) is 1. The third kappa shape index (κ3) is 5.60. The zero-order valence-electron chi connectivity index (χ0n) is 15.8. The normalized spacial score (nSPS) is 22.7. The van der Waals surface area contributed by atoms with Gasteiger partial charge in [-0.1, -0.05) is 6.92 Å². The predicted octanol–water partition coefficient (Wildman–Crippen LogP) is 1.87. The first-order valence-electron chi connectivity index (χ1n) is 9.30. The van der Waals surface area contributed by atoms with Gasteiger partial charge in [-0.15, -0.1) is 0 Å². The first-order chi connectivity index (χ1) is 12.3. The van der Waals surface area contributed by atoms with Crippen LogP contribution in [0.15, 0.2) is 6.20 Å². The average Bonchev–Trinajstić information content (AvgIpc) is 2.59. The Morgan fingerprint density at radius 3 is 2.46 bits per heavy atom. The number of piperidine rings is 1. The molecule has 1 saturated heterocycles. The van der Waals surface area contributed by atoms with Crippen molar-refractivity contribution >= 4 is 16.3 Å². The average molecular weight is 387 g/mol. The monoisotopic (exact) mass is 386 g/mol. The van der Waals surface area contributed by atoms with Crippen LogP contribution in [-0.4, -0.2) is 64.6 Å². The largest absolute Gasteiger partial charge is 0.394 e. The molecular weight excluding hydrogens is 356 g/mol. The van der Waals surface area contributed by atoms with Crippen molar-refractivity contribution < 1.29 is 17.5 Å². The van der Waals surface area contributed by atoms with Crippen molar-refractivity contribution in [3.8, 4) is 0 Å². The molecule has 1 aliphatic carbocycles. The molecule has 1 aliphatic heterocycles. The summed E-state index contributed by atoms with van der Waals surface area (Å²) in [5.41, 5.74) is 2.69. The lowest BCUT2D eigenvalue weighted by molar-refractivity contribution is 0.0898. The number of hydrogen-bond acceptors (Lipinski definition) is 6. The zero-order chi connectivity index (χ0) is 19.3. The van der Waals surface area contributed by atoms with E-state index in [2.05, 4.69) is 41.8 Å². The van der Waals surface area contributed by atoms with Gasteiger partial charge in [-0.25, -0.2) is 9.97 Å². The maximum atomic E-state index is 8.74. The zero-order valence-corrected chi connectivity index (χ0v) is 16.6. The van der Waals surface area contributed by atoms with Crippen molar-refractivity contribution in [2.75, 3.05) is 31.1 Å². The van der Waals surface area contributed by atoms with Crippen LogP contribution in [-0.2, 0) is 23.2 Å². The third-order valence-electron chi connectivity index (χ3n) is 5.31. The Labute approximate surface area is 156 Å². The SMILES string of the molecule is CCN(CC)c1ncc2c(n1)C[C@H]1CCCN(CC)[C@@H]1C2.O=S(=O)(O)O. The van der Waals surface area contributed by atoms with Crippen molar-refractivity contribution in [1.29, 1.82) is 0 Å². The Bertz CT molecular complexity index is 686. The Hall–Kier alpha value is -1.29. The number of aromatic nitrogens is 2. The molecule has 1 fully saturated rings. The van der Waals surface area contributed by atoms with E-state index >= 15 is 0 Å². The molecule has 0 unspecified atom stereocenters. The van der Waals surface area contributed by atoms with E-state index < -0.39 is 10.4 Å². The van der Waals surface area contributed by atoms with Crippen LogP contribution >= 0.6 is 0 Å². The van der Waals surface area contributed by atoms with Gasteiger partial charge in [0.05, 0.1) is 0 Å². The van der Waals surface area contributed by atoms with Gasteiger partial charge in [-0.2, -0.15) is 8.42 Å². The second kappa shape index (κ2) is 9.07. The number of nitrogens with zero attached hydrogens (tertiary/aromatic N) is 4. The minimum Gasteiger partial charge on any atom is -0.341 e. The Balaban J connectivity index is 0.000000431. The molecule has 2 heterocycles. The van der Waals surface area contributed by atoms with E-state index in [0.717, 1.165) is 43.8 Å². The van der Waals surface area contributed by atoms with E-state index in [1.165, 1.54) is 37.2 Å². The van der Waals surface area contributed by atoms with E-state index in [0.29, 0.717) is 0 Å². The molecule has 148 valence electrons. The molecule has 26 heavy (non-hydrogen) atoms. The van der Waals surface area contributed by atoms with E-state index in [-0.39, 0.29) is 0 Å². The highest BCUT2D eigenvalue weighted by atomic mass is 32.3. The summed E-state index contributed by atoms with van der Waals surface area (Å²) < 4.78 is 31.6. The molecule has 3 rings (SSSR count). The summed E-state index contributed by atoms with van der Waals surface area (Å²) in [6.07, 6.45) is 7.10. The van der Waals surface area contributed by atoms with E-state index in [4.69, 9.17) is 22.5 Å². The fraction of sp³-hybridized carbons (Fsp3) is 0.765. The maximum Gasteiger partial charge on any atom is 0.394 e. The molecule has 8 nitrogen and oxygen atoms in total. The number of anilines is 1. The van der Waals surface area contributed by atoms with Crippen molar-refractivity contribution in [2.24, 2.45) is 5.92 Å². The van der Waals surface area contributed by atoms with Gasteiger partial charge >= 0.3 is 10.4 Å². The van der Waals surface area contributed by atoms with E-state index in [1.807, 2.05) is 0 Å². The highest BCUT2D eigenvalue weighted by Crippen LogP contribution is 2.34. The minimum absolute atomic E-state index is 0.721. The van der Waals surface area contributed by atoms with Crippen LogP contribution in [0.3, 0.4) is 0 Å². The van der Waals surface area contributed by atoms with Gasteiger partial charge in [0.15, 0.2) is 0 Å². The molecule has 0 spiro atoms. The Morgan fingerprint density at radius 2 is 1.88 bits per heavy atom. The van der Waals surface area contributed by atoms with Crippen LogP contribution in [0.1, 0.15) is 44.9 Å². The fourth-order valence-electron chi connectivity index (χ4n) is 4.05. The number of rotatable bonds is 4. The molecule has 0 amide bonds. The first kappa shape index (κ1) is 21.0. The fourth-order valence-corrected chi connectivity index (χ4v) is 4.05. The van der Waals surface area contributed by atoms with Crippen LogP contribution < -0.4 is 4.90 Å². The van der Waals surface area contributed by atoms with Crippen LogP contribution in [0, 0.1) is 5.92 Å². The van der Waals surface area contributed by atoms with Gasteiger partial charge in [-0.3, -0.25) is 9.11 Å². The molecule has 0 aromatic carbocycles. The first-order valence-corrected chi connectivity index (χ1v) is 10.7. The maximum absolute atomic E-state index is 8.74. The van der Waals surface area contributed by atoms with Gasteiger partial charge < -0.3 is 9.80 Å². The summed E-state index contributed by atoms with van der Waals surface area (Å²) in [7, 11) is -4.67. The lowest BCUT2D eigenvalue weighted by Crippen LogP contribution is -2.49. The van der Waals surface area contributed by atoms with Gasteiger partial charge in [0.25, 0.3) is 0 Å². The number of hydrogen-bond donors (Lipinski definition) is 2. The summed E-state index contributed by atoms with van der Waals surface area (Å²) in [6, 6.07) is 0.721. The van der Waals surface area contributed by atoms with Crippen molar-refractivity contribution in [3.63, 3.8) is 0 Å². The molecule has 0 radical (unpaired) electrons. The van der Waals surface area contributed by atoms with Gasteiger partial charge in [0.2, 0.25) is 5.95 Å². The van der Waals surface area contributed by atoms with Crippen LogP contribution in [0.25, 0.3) is 0 Å². The van der Waals surface area contributed by atoms with Crippen LogP contribution in [0.2, 0.25) is 0 Å². The number of likely N-dealkylation sites (tertiary alicyclic amines) is 1. The van der Waals surface area contributed by atoms with Gasteiger partial charge in [0, 0.05) is 31.0 Å². The molecule has 0 saturated carbocycles. The molecule has 2 atom stereocenters. The van der Waals surface area contributed by atoms with Crippen molar-refractivity contribution in [1.82, 2.24) is 14.9 Å². The summed E-state index contributed by atoms with van der Waals surface area (Å²) in [6.45, 7) is 11.0. The van der Waals surface area contributed by atoms with Crippen LogP contribution in [0.5, 0.6) is 0 Å². The Morgan fingerprint density at radius 1 is 1.23 bits per heavy atom.